The summed E-state index contributed by atoms with van der Waals surface area (Å²) in [5, 5.41) is 5.87. The lowest BCUT2D eigenvalue weighted by molar-refractivity contribution is -0.136. The van der Waals surface area contributed by atoms with E-state index in [0.29, 0.717) is 18.7 Å². The average molecular weight is 464 g/mol. The zero-order valence-corrected chi connectivity index (χ0v) is 19.5. The highest BCUT2D eigenvalue weighted by Crippen LogP contribution is 2.30. The molecule has 0 spiro atoms. The molecule has 2 fully saturated rings. The maximum Gasteiger partial charge on any atom is 0.248 e. The second-order valence-electron chi connectivity index (χ2n) is 8.25. The van der Waals surface area contributed by atoms with Crippen molar-refractivity contribution in [2.24, 2.45) is 5.92 Å². The van der Waals surface area contributed by atoms with Gasteiger partial charge in [0.2, 0.25) is 15.9 Å². The summed E-state index contributed by atoms with van der Waals surface area (Å²) < 4.78 is 33.8. The summed E-state index contributed by atoms with van der Waals surface area (Å²) in [6, 6.07) is 3.88. The van der Waals surface area contributed by atoms with E-state index in [0.717, 1.165) is 50.1 Å². The van der Waals surface area contributed by atoms with Crippen LogP contribution in [0.2, 0.25) is 0 Å². The van der Waals surface area contributed by atoms with Gasteiger partial charge in [-0.2, -0.15) is 4.31 Å². The van der Waals surface area contributed by atoms with Crippen LogP contribution in [0.1, 0.15) is 54.9 Å². The van der Waals surface area contributed by atoms with Crippen LogP contribution in [0.25, 0.3) is 12.2 Å². The number of nitrogens with zero attached hydrogens (tertiary/aromatic N) is 3. The molecule has 2 aliphatic heterocycles. The van der Waals surface area contributed by atoms with E-state index in [4.69, 9.17) is 4.52 Å². The topological polar surface area (TPSA) is 83.7 Å². The molecule has 31 heavy (non-hydrogen) atoms. The normalized spacial score (nSPS) is 21.5. The van der Waals surface area contributed by atoms with E-state index in [1.54, 1.807) is 24.3 Å². The Kier molecular flexibility index (Phi) is 6.93. The fourth-order valence-electron chi connectivity index (χ4n) is 4.38. The van der Waals surface area contributed by atoms with Crippen molar-refractivity contribution >= 4 is 39.4 Å². The molecule has 168 valence electrons. The molecule has 1 amide bonds. The van der Waals surface area contributed by atoms with E-state index in [1.807, 2.05) is 28.5 Å². The minimum Gasteiger partial charge on any atom is -0.355 e. The number of amides is 1. The van der Waals surface area contributed by atoms with Gasteiger partial charge in [0.05, 0.1) is 5.92 Å². The van der Waals surface area contributed by atoms with Gasteiger partial charge in [0.15, 0.2) is 10.7 Å². The van der Waals surface area contributed by atoms with Crippen LogP contribution >= 0.6 is 11.3 Å². The lowest BCUT2D eigenvalue weighted by Crippen LogP contribution is -2.47. The van der Waals surface area contributed by atoms with Crippen LogP contribution in [0.3, 0.4) is 0 Å². The number of likely N-dealkylation sites (tertiary alicyclic amines) is 1. The summed E-state index contributed by atoms with van der Waals surface area (Å²) in [6.45, 7) is 3.83. The molecule has 1 unspecified atom stereocenters. The molecule has 1 atom stereocenters. The fraction of sp³-hybridized carbons (Fsp3) is 0.545. The SMILES string of the molecule is Cc1noc(/C=C/c2cccs2)c1S(=O)(=O)N1CCCC(C(=O)N2CCCCCC2)C1. The number of aryl methyl sites for hydroxylation is 1. The van der Waals surface area contributed by atoms with Crippen molar-refractivity contribution in [3.63, 3.8) is 0 Å². The number of aromatic nitrogens is 1. The highest BCUT2D eigenvalue weighted by Gasteiger charge is 2.38. The summed E-state index contributed by atoms with van der Waals surface area (Å²) in [4.78, 5) is 16.1. The van der Waals surface area contributed by atoms with Crippen molar-refractivity contribution in [3.8, 4) is 0 Å². The molecule has 7 nitrogen and oxygen atoms in total. The molecule has 0 aromatic carbocycles. The fourth-order valence-corrected chi connectivity index (χ4v) is 6.78. The van der Waals surface area contributed by atoms with Crippen LogP contribution in [0.4, 0.5) is 0 Å². The van der Waals surface area contributed by atoms with E-state index >= 15 is 0 Å². The highest BCUT2D eigenvalue weighted by molar-refractivity contribution is 7.89. The average Bonchev–Trinajstić information content (AvgIpc) is 3.33. The number of hydrogen-bond donors (Lipinski definition) is 0. The lowest BCUT2D eigenvalue weighted by atomic mass is 9.98. The second-order valence-corrected chi connectivity index (χ2v) is 11.1. The monoisotopic (exact) mass is 463 g/mol. The van der Waals surface area contributed by atoms with Gasteiger partial charge in [0, 0.05) is 31.1 Å². The molecule has 0 N–H and O–H groups in total. The van der Waals surface area contributed by atoms with Crippen molar-refractivity contribution in [2.45, 2.75) is 50.3 Å². The van der Waals surface area contributed by atoms with E-state index in [-0.39, 0.29) is 29.0 Å². The van der Waals surface area contributed by atoms with Crippen molar-refractivity contribution in [1.29, 1.82) is 0 Å². The van der Waals surface area contributed by atoms with E-state index in [1.165, 1.54) is 4.31 Å². The summed E-state index contributed by atoms with van der Waals surface area (Å²) in [5.41, 5.74) is 0.340. The number of piperidine rings is 1. The lowest BCUT2D eigenvalue weighted by Gasteiger charge is -2.34. The van der Waals surface area contributed by atoms with Crippen LogP contribution in [0.15, 0.2) is 26.9 Å². The molecule has 4 rings (SSSR count). The van der Waals surface area contributed by atoms with E-state index in [2.05, 4.69) is 5.16 Å². The summed E-state index contributed by atoms with van der Waals surface area (Å²) in [5.74, 6) is 0.0421. The number of thiophene rings is 1. The standard InChI is InChI=1S/C22H29N3O4S2/c1-17-21(20(29-23-17)11-10-19-9-7-15-30-19)31(27,28)25-14-6-8-18(16-25)22(26)24-12-4-2-3-5-13-24/h7,9-11,15,18H,2-6,8,12-14,16H2,1H3/b11-10+. The van der Waals surface area contributed by atoms with Gasteiger partial charge in [-0.3, -0.25) is 4.79 Å². The molecule has 2 aliphatic rings. The zero-order chi connectivity index (χ0) is 21.8. The van der Waals surface area contributed by atoms with Crippen LogP contribution in [0, 0.1) is 12.8 Å². The first-order chi connectivity index (χ1) is 15.0. The molecule has 9 heteroatoms. The number of rotatable bonds is 5. The Morgan fingerprint density at radius 3 is 2.65 bits per heavy atom. The summed E-state index contributed by atoms with van der Waals surface area (Å²) >= 11 is 1.56. The molecule has 4 heterocycles. The van der Waals surface area contributed by atoms with Crippen molar-refractivity contribution < 1.29 is 17.7 Å². The Morgan fingerprint density at radius 2 is 1.94 bits per heavy atom. The van der Waals surface area contributed by atoms with Crippen LogP contribution < -0.4 is 0 Å². The van der Waals surface area contributed by atoms with Gasteiger partial charge < -0.3 is 9.42 Å². The molecule has 2 aromatic rings. The number of carbonyl (C=O) groups is 1. The van der Waals surface area contributed by atoms with Gasteiger partial charge >= 0.3 is 0 Å². The van der Waals surface area contributed by atoms with Gasteiger partial charge in [-0.25, -0.2) is 8.42 Å². The third-order valence-electron chi connectivity index (χ3n) is 6.02. The molecule has 2 saturated heterocycles. The summed E-state index contributed by atoms with van der Waals surface area (Å²) in [7, 11) is -3.82. The van der Waals surface area contributed by atoms with Crippen LogP contribution in [-0.4, -0.2) is 54.9 Å². The first-order valence-electron chi connectivity index (χ1n) is 10.9. The van der Waals surface area contributed by atoms with Gasteiger partial charge in [-0.15, -0.1) is 11.3 Å². The largest absolute Gasteiger partial charge is 0.355 e. The minimum absolute atomic E-state index is 0.0988. The number of hydrogen-bond acceptors (Lipinski definition) is 6. The Morgan fingerprint density at radius 1 is 1.16 bits per heavy atom. The Balaban J connectivity index is 1.53. The van der Waals surface area contributed by atoms with Gasteiger partial charge in [-0.05, 0) is 56.2 Å². The highest BCUT2D eigenvalue weighted by atomic mass is 32.2. The smallest absolute Gasteiger partial charge is 0.248 e. The van der Waals surface area contributed by atoms with Crippen LogP contribution in [0.5, 0.6) is 0 Å². The predicted octanol–water partition coefficient (Wildman–Crippen LogP) is 4.02. The molecule has 0 bridgehead atoms. The minimum atomic E-state index is -3.82. The van der Waals surface area contributed by atoms with Gasteiger partial charge in [-0.1, -0.05) is 24.1 Å². The second kappa shape index (κ2) is 9.67. The third kappa shape index (κ3) is 4.94. The summed E-state index contributed by atoms with van der Waals surface area (Å²) in [6.07, 6.45) is 9.25. The maximum absolute atomic E-state index is 13.5. The Bertz CT molecular complexity index is 1020. The Hall–Kier alpha value is -1.97. The molecular formula is C22H29N3O4S2. The quantitative estimate of drug-likeness (QED) is 0.669. The Labute approximate surface area is 187 Å². The van der Waals surface area contributed by atoms with Crippen molar-refractivity contribution in [3.05, 3.63) is 33.8 Å². The maximum atomic E-state index is 13.5. The molecular weight excluding hydrogens is 434 g/mol. The first kappa shape index (κ1) is 22.2. The van der Waals surface area contributed by atoms with Gasteiger partial charge in [0.25, 0.3) is 0 Å². The van der Waals surface area contributed by atoms with E-state index < -0.39 is 10.0 Å². The number of carbonyl (C=O) groups excluding carboxylic acids is 1. The van der Waals surface area contributed by atoms with Gasteiger partial charge in [0.1, 0.15) is 5.69 Å². The van der Waals surface area contributed by atoms with Crippen LogP contribution in [-0.2, 0) is 14.8 Å². The zero-order valence-electron chi connectivity index (χ0n) is 17.8. The van der Waals surface area contributed by atoms with Crippen molar-refractivity contribution in [2.75, 3.05) is 26.2 Å². The molecule has 0 aliphatic carbocycles. The number of sulfonamides is 1. The molecule has 0 radical (unpaired) electrons. The predicted molar refractivity (Wildman–Crippen MR) is 121 cm³/mol. The molecule has 2 aromatic heterocycles. The first-order valence-corrected chi connectivity index (χ1v) is 13.3. The van der Waals surface area contributed by atoms with Crippen molar-refractivity contribution in [1.82, 2.24) is 14.4 Å². The van der Waals surface area contributed by atoms with E-state index in [9.17, 15) is 13.2 Å². The third-order valence-corrected chi connectivity index (χ3v) is 8.89. The molecule has 0 saturated carbocycles.